The van der Waals surface area contributed by atoms with Gasteiger partial charge in [0.1, 0.15) is 5.54 Å². The van der Waals surface area contributed by atoms with Crippen LogP contribution in [-0.4, -0.2) is 58.7 Å². The molecule has 110 valence electrons. The Bertz CT molecular complexity index is 354. The van der Waals surface area contributed by atoms with Crippen LogP contribution in [0.25, 0.3) is 0 Å². The molecule has 0 radical (unpaired) electrons. The fourth-order valence-corrected chi connectivity index (χ4v) is 4.61. The van der Waals surface area contributed by atoms with Gasteiger partial charge in [0.05, 0.1) is 0 Å². The van der Waals surface area contributed by atoms with Crippen LogP contribution >= 0.6 is 0 Å². The number of amides is 1. The van der Waals surface area contributed by atoms with Crippen LogP contribution in [-0.2, 0) is 15.6 Å². The Morgan fingerprint density at radius 2 is 2.16 bits per heavy atom. The van der Waals surface area contributed by atoms with Crippen molar-refractivity contribution in [1.29, 1.82) is 0 Å². The number of nitrogens with one attached hydrogen (secondary N) is 1. The van der Waals surface area contributed by atoms with Crippen LogP contribution in [0.15, 0.2) is 0 Å². The minimum absolute atomic E-state index is 0.211. The second-order valence-corrected chi connectivity index (χ2v) is 7.35. The molecule has 0 bridgehead atoms. The highest BCUT2D eigenvalue weighted by Gasteiger charge is 2.46. The number of likely N-dealkylation sites (N-methyl/N-ethyl adjacent to an activating group) is 1. The van der Waals surface area contributed by atoms with Gasteiger partial charge in [-0.25, -0.2) is 0 Å². The Morgan fingerprint density at radius 1 is 1.47 bits per heavy atom. The van der Waals surface area contributed by atoms with Crippen molar-refractivity contribution in [3.63, 3.8) is 0 Å². The molecule has 6 heteroatoms. The lowest BCUT2D eigenvalue weighted by Crippen LogP contribution is -2.57. The number of hydrogen-bond acceptors (Lipinski definition) is 4. The maximum Gasteiger partial charge on any atom is 0.238 e. The van der Waals surface area contributed by atoms with Crippen molar-refractivity contribution in [2.45, 2.75) is 31.2 Å². The average Bonchev–Trinajstić information content (AvgIpc) is 2.82. The highest BCUT2D eigenvalue weighted by atomic mass is 32.2. The van der Waals surface area contributed by atoms with Gasteiger partial charge >= 0.3 is 0 Å². The zero-order chi connectivity index (χ0) is 13.9. The van der Waals surface area contributed by atoms with Crippen LogP contribution in [0.1, 0.15) is 25.7 Å². The fourth-order valence-electron chi connectivity index (χ4n) is 3.48. The summed E-state index contributed by atoms with van der Waals surface area (Å²) in [6.07, 6.45) is 3.99. The monoisotopic (exact) mass is 287 g/mol. The second-order valence-electron chi connectivity index (χ2n) is 5.65. The van der Waals surface area contributed by atoms with E-state index in [-0.39, 0.29) is 5.91 Å². The van der Waals surface area contributed by atoms with Crippen molar-refractivity contribution in [3.8, 4) is 0 Å². The second kappa shape index (κ2) is 6.33. The predicted molar refractivity (Wildman–Crippen MR) is 77.3 cm³/mol. The van der Waals surface area contributed by atoms with Gasteiger partial charge in [-0.05, 0) is 38.8 Å². The van der Waals surface area contributed by atoms with E-state index in [0.717, 1.165) is 56.8 Å². The third kappa shape index (κ3) is 3.17. The van der Waals surface area contributed by atoms with E-state index in [4.69, 9.17) is 5.73 Å². The molecular formula is C13H25N3O2S. The fraction of sp³-hybridized carbons (Fsp3) is 0.923. The number of nitrogens with zero attached hydrogens (tertiary/aromatic N) is 1. The summed E-state index contributed by atoms with van der Waals surface area (Å²) in [6, 6.07) is 0. The molecule has 1 saturated carbocycles. The van der Waals surface area contributed by atoms with Crippen molar-refractivity contribution in [3.05, 3.63) is 0 Å². The molecule has 3 N–H and O–H groups in total. The van der Waals surface area contributed by atoms with Crippen LogP contribution in [0.3, 0.4) is 0 Å². The van der Waals surface area contributed by atoms with E-state index in [9.17, 15) is 9.00 Å². The number of carbonyl (C=O) groups excluding carboxylic acids is 1. The Labute approximate surface area is 117 Å². The lowest BCUT2D eigenvalue weighted by molar-refractivity contribution is -0.125. The molecule has 1 saturated heterocycles. The van der Waals surface area contributed by atoms with E-state index >= 15 is 0 Å². The van der Waals surface area contributed by atoms with E-state index in [2.05, 4.69) is 10.2 Å². The molecule has 1 heterocycles. The smallest absolute Gasteiger partial charge is 0.238 e. The van der Waals surface area contributed by atoms with Gasteiger partial charge in [-0.3, -0.25) is 9.00 Å². The van der Waals surface area contributed by atoms with Crippen molar-refractivity contribution >= 4 is 16.7 Å². The van der Waals surface area contributed by atoms with Crippen LogP contribution in [0.2, 0.25) is 0 Å². The first-order chi connectivity index (χ1) is 9.08. The number of nitrogens with two attached hydrogens (primary N) is 1. The predicted octanol–water partition coefficient (Wildman–Crippen LogP) is -0.316. The summed E-state index contributed by atoms with van der Waals surface area (Å²) in [7, 11) is 1.22. The summed E-state index contributed by atoms with van der Waals surface area (Å²) >= 11 is 0. The molecular weight excluding hydrogens is 262 g/mol. The van der Waals surface area contributed by atoms with Gasteiger partial charge < -0.3 is 16.0 Å². The summed E-state index contributed by atoms with van der Waals surface area (Å²) in [5, 5.41) is 3.18. The Balaban J connectivity index is 1.88. The molecule has 0 aromatic carbocycles. The molecule has 1 aliphatic carbocycles. The standard InChI is InChI=1S/C13H25N3O2S/c1-15-13(12(14)17)5-2-3-11(13)4-6-16-7-9-19(18)10-8-16/h11,15H,2-10H2,1H3,(H2,14,17). The molecule has 1 amide bonds. The summed E-state index contributed by atoms with van der Waals surface area (Å²) in [6.45, 7) is 2.82. The van der Waals surface area contributed by atoms with Gasteiger partial charge in [0.2, 0.25) is 5.91 Å². The summed E-state index contributed by atoms with van der Waals surface area (Å²) in [5.74, 6) is 1.70. The van der Waals surface area contributed by atoms with E-state index in [1.165, 1.54) is 0 Å². The first-order valence-electron chi connectivity index (χ1n) is 7.14. The summed E-state index contributed by atoms with van der Waals surface area (Å²) < 4.78 is 11.3. The van der Waals surface area contributed by atoms with Gasteiger partial charge in [0.15, 0.2) is 0 Å². The third-order valence-corrected chi connectivity index (χ3v) is 6.05. The largest absolute Gasteiger partial charge is 0.368 e. The lowest BCUT2D eigenvalue weighted by atomic mass is 9.84. The topological polar surface area (TPSA) is 75.4 Å². The quantitative estimate of drug-likeness (QED) is 0.727. The zero-order valence-electron chi connectivity index (χ0n) is 11.7. The molecule has 19 heavy (non-hydrogen) atoms. The Hall–Kier alpha value is -0.460. The van der Waals surface area contributed by atoms with Gasteiger partial charge in [0.25, 0.3) is 0 Å². The Morgan fingerprint density at radius 3 is 2.74 bits per heavy atom. The van der Waals surface area contributed by atoms with Crippen LogP contribution in [0.5, 0.6) is 0 Å². The molecule has 2 aliphatic rings. The minimum Gasteiger partial charge on any atom is -0.368 e. The molecule has 0 spiro atoms. The molecule has 0 aromatic rings. The van der Waals surface area contributed by atoms with Gasteiger partial charge in [0, 0.05) is 35.4 Å². The number of rotatable bonds is 5. The lowest BCUT2D eigenvalue weighted by Gasteiger charge is -2.34. The number of carbonyl (C=O) groups is 1. The van der Waals surface area contributed by atoms with Crippen molar-refractivity contribution in [2.75, 3.05) is 38.2 Å². The van der Waals surface area contributed by atoms with Gasteiger partial charge in [-0.1, -0.05) is 6.42 Å². The Kier molecular flexibility index (Phi) is 4.97. The normalized spacial score (nSPS) is 33.6. The van der Waals surface area contributed by atoms with Crippen LogP contribution < -0.4 is 11.1 Å². The van der Waals surface area contributed by atoms with Crippen molar-refractivity contribution < 1.29 is 9.00 Å². The van der Waals surface area contributed by atoms with E-state index in [0.29, 0.717) is 5.92 Å². The summed E-state index contributed by atoms with van der Waals surface area (Å²) in [4.78, 5) is 14.1. The first kappa shape index (κ1) is 14.9. The molecule has 0 aromatic heterocycles. The maximum absolute atomic E-state index is 11.8. The molecule has 5 nitrogen and oxygen atoms in total. The summed E-state index contributed by atoms with van der Waals surface area (Å²) in [5.41, 5.74) is 5.10. The molecule has 2 rings (SSSR count). The number of hydrogen-bond donors (Lipinski definition) is 2. The molecule has 2 atom stereocenters. The van der Waals surface area contributed by atoms with E-state index < -0.39 is 16.3 Å². The third-order valence-electron chi connectivity index (χ3n) is 4.77. The molecule has 2 unspecified atom stereocenters. The van der Waals surface area contributed by atoms with Gasteiger partial charge in [-0.2, -0.15) is 0 Å². The highest BCUT2D eigenvalue weighted by molar-refractivity contribution is 7.85. The highest BCUT2D eigenvalue weighted by Crippen LogP contribution is 2.37. The van der Waals surface area contributed by atoms with Crippen LogP contribution in [0, 0.1) is 5.92 Å². The molecule has 1 aliphatic heterocycles. The molecule has 2 fully saturated rings. The van der Waals surface area contributed by atoms with E-state index in [1.54, 1.807) is 0 Å². The van der Waals surface area contributed by atoms with Crippen molar-refractivity contribution in [1.82, 2.24) is 10.2 Å². The zero-order valence-corrected chi connectivity index (χ0v) is 12.5. The average molecular weight is 287 g/mol. The van der Waals surface area contributed by atoms with E-state index in [1.807, 2.05) is 7.05 Å². The first-order valence-corrected chi connectivity index (χ1v) is 8.63. The SMILES string of the molecule is CNC1(C(N)=O)CCCC1CCN1CCS(=O)CC1. The number of primary amides is 1. The van der Waals surface area contributed by atoms with Gasteiger partial charge in [-0.15, -0.1) is 0 Å². The maximum atomic E-state index is 11.8. The van der Waals surface area contributed by atoms with Crippen molar-refractivity contribution in [2.24, 2.45) is 11.7 Å². The van der Waals surface area contributed by atoms with Crippen LogP contribution in [0.4, 0.5) is 0 Å². The minimum atomic E-state index is -0.619.